The summed E-state index contributed by atoms with van der Waals surface area (Å²) in [5, 5.41) is 11.8. The van der Waals surface area contributed by atoms with Crippen molar-refractivity contribution < 1.29 is 9.90 Å². The third-order valence-electron chi connectivity index (χ3n) is 5.33. The number of aliphatic carboxylic acids is 1. The molecule has 4 heteroatoms. The van der Waals surface area contributed by atoms with Crippen LogP contribution >= 0.6 is 11.3 Å². The molecule has 2 heterocycles. The van der Waals surface area contributed by atoms with Gasteiger partial charge in [0.15, 0.2) is 0 Å². The van der Waals surface area contributed by atoms with Crippen molar-refractivity contribution in [3.63, 3.8) is 0 Å². The summed E-state index contributed by atoms with van der Waals surface area (Å²) in [5.74, 6) is 0.604. The van der Waals surface area contributed by atoms with E-state index in [2.05, 4.69) is 18.7 Å². The topological polar surface area (TPSA) is 40.5 Å². The molecule has 2 aliphatic rings. The van der Waals surface area contributed by atoms with Crippen LogP contribution < -0.4 is 0 Å². The Bertz CT molecular complexity index is 498. The lowest BCUT2D eigenvalue weighted by atomic mass is 9.76. The minimum Gasteiger partial charge on any atom is -0.480 e. The number of carboxylic acid groups (broad SMARTS) is 1. The molecular weight excluding hydrogens is 270 g/mol. The Kier molecular flexibility index (Phi) is 3.87. The van der Waals surface area contributed by atoms with Crippen molar-refractivity contribution in [1.29, 1.82) is 0 Å². The van der Waals surface area contributed by atoms with Gasteiger partial charge >= 0.3 is 5.97 Å². The van der Waals surface area contributed by atoms with Crippen LogP contribution in [0.1, 0.15) is 49.6 Å². The quantitative estimate of drug-likeness (QED) is 0.906. The summed E-state index contributed by atoms with van der Waals surface area (Å²) in [7, 11) is 0. The molecule has 0 aromatic carbocycles. The first kappa shape index (κ1) is 14.1. The van der Waals surface area contributed by atoms with Gasteiger partial charge in [-0.05, 0) is 41.7 Å². The summed E-state index contributed by atoms with van der Waals surface area (Å²) in [6.45, 7) is 5.51. The van der Waals surface area contributed by atoms with Gasteiger partial charge in [-0.25, -0.2) is 0 Å². The lowest BCUT2D eigenvalue weighted by Crippen LogP contribution is -2.50. The molecular formula is C16H23NO2S. The van der Waals surface area contributed by atoms with Crippen molar-refractivity contribution in [2.24, 2.45) is 11.8 Å². The fourth-order valence-electron chi connectivity index (χ4n) is 3.99. The van der Waals surface area contributed by atoms with Crippen LogP contribution in [0, 0.1) is 11.8 Å². The van der Waals surface area contributed by atoms with Gasteiger partial charge in [0, 0.05) is 17.5 Å². The maximum Gasteiger partial charge on any atom is 0.325 e. The Morgan fingerprint density at radius 2 is 2.20 bits per heavy atom. The molecule has 0 spiro atoms. The molecule has 4 unspecified atom stereocenters. The summed E-state index contributed by atoms with van der Waals surface area (Å²) in [5.41, 5.74) is 1.04. The molecule has 1 saturated carbocycles. The third-order valence-corrected chi connectivity index (χ3v) is 6.32. The molecule has 3 nitrogen and oxygen atoms in total. The van der Waals surface area contributed by atoms with E-state index in [1.807, 2.05) is 11.4 Å². The second-order valence-corrected chi connectivity index (χ2v) is 7.36. The average molecular weight is 293 g/mol. The predicted octanol–water partition coefficient (Wildman–Crippen LogP) is 3.56. The smallest absolute Gasteiger partial charge is 0.325 e. The standard InChI is InChI=1S/C16H23NO2S/c1-10-4-3-5-13(11(10)2)17-8-6-14-12(7-9-20-14)15(17)16(18)19/h7,9-11,13,15H,3-6,8H2,1-2H3,(H,18,19). The SMILES string of the molecule is CC1CCCC(N2CCc3sccc3C2C(=O)O)C1C. The minimum absolute atomic E-state index is 0.424. The van der Waals surface area contributed by atoms with Crippen molar-refractivity contribution in [3.8, 4) is 0 Å². The summed E-state index contributed by atoms with van der Waals surface area (Å²) in [6.07, 6.45) is 4.67. The van der Waals surface area contributed by atoms with Crippen LogP contribution in [0.3, 0.4) is 0 Å². The van der Waals surface area contributed by atoms with Crippen LogP contribution in [-0.4, -0.2) is 28.6 Å². The zero-order chi connectivity index (χ0) is 14.3. The molecule has 3 rings (SSSR count). The van der Waals surface area contributed by atoms with Crippen LogP contribution in [0.25, 0.3) is 0 Å². The number of hydrogen-bond acceptors (Lipinski definition) is 3. The first-order chi connectivity index (χ1) is 9.59. The number of rotatable bonds is 2. The van der Waals surface area contributed by atoms with Gasteiger partial charge in [-0.1, -0.05) is 26.7 Å². The maximum atomic E-state index is 11.8. The van der Waals surface area contributed by atoms with Crippen LogP contribution in [0.4, 0.5) is 0 Å². The molecule has 1 aliphatic heterocycles. The first-order valence-electron chi connectivity index (χ1n) is 7.64. The normalized spacial score (nSPS) is 34.7. The number of thiophene rings is 1. The Morgan fingerprint density at radius 3 is 2.95 bits per heavy atom. The zero-order valence-electron chi connectivity index (χ0n) is 12.2. The number of carbonyl (C=O) groups is 1. The van der Waals surface area contributed by atoms with Crippen LogP contribution in [-0.2, 0) is 11.2 Å². The molecule has 0 amide bonds. The Hall–Kier alpha value is -0.870. The molecule has 1 fully saturated rings. The van der Waals surface area contributed by atoms with Crippen molar-refractivity contribution in [1.82, 2.24) is 4.90 Å². The van der Waals surface area contributed by atoms with Crippen molar-refractivity contribution >= 4 is 17.3 Å². The van der Waals surface area contributed by atoms with Gasteiger partial charge in [0.25, 0.3) is 0 Å². The highest BCUT2D eigenvalue weighted by Gasteiger charge is 2.41. The molecule has 4 atom stereocenters. The molecule has 0 radical (unpaired) electrons. The van der Waals surface area contributed by atoms with E-state index < -0.39 is 12.0 Å². The van der Waals surface area contributed by atoms with E-state index in [4.69, 9.17) is 0 Å². The van der Waals surface area contributed by atoms with Crippen LogP contribution in [0.15, 0.2) is 11.4 Å². The third kappa shape index (κ3) is 2.29. The van der Waals surface area contributed by atoms with Crippen LogP contribution in [0.5, 0.6) is 0 Å². The molecule has 1 N–H and O–H groups in total. The number of hydrogen-bond donors (Lipinski definition) is 1. The second-order valence-electron chi connectivity index (χ2n) is 6.36. The van der Waals surface area contributed by atoms with E-state index in [1.165, 1.54) is 17.7 Å². The van der Waals surface area contributed by atoms with Crippen molar-refractivity contribution in [3.05, 3.63) is 21.9 Å². The summed E-state index contributed by atoms with van der Waals surface area (Å²) < 4.78 is 0. The van der Waals surface area contributed by atoms with E-state index >= 15 is 0 Å². The lowest BCUT2D eigenvalue weighted by molar-refractivity contribution is -0.146. The van der Waals surface area contributed by atoms with Crippen molar-refractivity contribution in [2.45, 2.75) is 51.6 Å². The summed E-state index contributed by atoms with van der Waals surface area (Å²) >= 11 is 1.71. The number of fused-ring (bicyclic) bond motifs is 1. The summed E-state index contributed by atoms with van der Waals surface area (Å²) in [4.78, 5) is 15.4. The first-order valence-corrected chi connectivity index (χ1v) is 8.52. The number of nitrogens with zero attached hydrogens (tertiary/aromatic N) is 1. The van der Waals surface area contributed by atoms with Gasteiger partial charge in [-0.15, -0.1) is 11.3 Å². The van der Waals surface area contributed by atoms with Crippen LogP contribution in [0.2, 0.25) is 0 Å². The Morgan fingerprint density at radius 1 is 1.40 bits per heavy atom. The monoisotopic (exact) mass is 293 g/mol. The van der Waals surface area contributed by atoms with Crippen molar-refractivity contribution in [2.75, 3.05) is 6.54 Å². The highest BCUT2D eigenvalue weighted by molar-refractivity contribution is 7.10. The Balaban J connectivity index is 1.91. The minimum atomic E-state index is -0.685. The molecule has 20 heavy (non-hydrogen) atoms. The predicted molar refractivity (Wildman–Crippen MR) is 81.1 cm³/mol. The van der Waals surface area contributed by atoms with E-state index in [0.29, 0.717) is 17.9 Å². The van der Waals surface area contributed by atoms with Gasteiger partial charge in [-0.2, -0.15) is 0 Å². The largest absolute Gasteiger partial charge is 0.480 e. The number of carboxylic acids is 1. The van der Waals surface area contributed by atoms with E-state index in [0.717, 1.165) is 24.9 Å². The molecule has 1 aromatic heterocycles. The second kappa shape index (κ2) is 5.49. The highest BCUT2D eigenvalue weighted by Crippen LogP contribution is 2.40. The van der Waals surface area contributed by atoms with Gasteiger partial charge in [-0.3, -0.25) is 9.69 Å². The lowest BCUT2D eigenvalue weighted by Gasteiger charge is -2.45. The average Bonchev–Trinajstić information content (AvgIpc) is 2.88. The highest BCUT2D eigenvalue weighted by atomic mass is 32.1. The molecule has 110 valence electrons. The van der Waals surface area contributed by atoms with Gasteiger partial charge in [0.05, 0.1) is 0 Å². The zero-order valence-corrected chi connectivity index (χ0v) is 13.0. The van der Waals surface area contributed by atoms with Gasteiger partial charge in [0.1, 0.15) is 6.04 Å². The molecule has 0 bridgehead atoms. The maximum absolute atomic E-state index is 11.8. The van der Waals surface area contributed by atoms with Gasteiger partial charge in [0.2, 0.25) is 0 Å². The van der Waals surface area contributed by atoms with E-state index in [-0.39, 0.29) is 0 Å². The van der Waals surface area contributed by atoms with E-state index in [9.17, 15) is 9.90 Å². The molecule has 1 aliphatic carbocycles. The fourth-order valence-corrected chi connectivity index (χ4v) is 4.89. The Labute approximate surface area is 124 Å². The fraction of sp³-hybridized carbons (Fsp3) is 0.688. The molecule has 1 aromatic rings. The molecule has 0 saturated heterocycles. The van der Waals surface area contributed by atoms with E-state index in [1.54, 1.807) is 11.3 Å². The van der Waals surface area contributed by atoms with Gasteiger partial charge < -0.3 is 5.11 Å². The summed E-state index contributed by atoms with van der Waals surface area (Å²) in [6, 6.07) is 2.01.